The number of hydrazine groups is 1. The molecule has 228 valence electrons. The second-order valence-corrected chi connectivity index (χ2v) is 11.2. The molecule has 1 atom stereocenters. The number of benzene rings is 2. The van der Waals surface area contributed by atoms with E-state index in [0.717, 1.165) is 0 Å². The van der Waals surface area contributed by atoms with Gasteiger partial charge in [0, 0.05) is 24.8 Å². The number of carbonyl (C=O) groups is 3. The Bertz CT molecular complexity index is 1540. The molecule has 0 aliphatic heterocycles. The largest absolute Gasteiger partial charge is 0.350 e. The van der Waals surface area contributed by atoms with Gasteiger partial charge in [0.2, 0.25) is 0 Å². The van der Waals surface area contributed by atoms with Gasteiger partial charge in [0.15, 0.2) is 5.82 Å². The zero-order chi connectivity index (χ0) is 31.4. The van der Waals surface area contributed by atoms with E-state index >= 15 is 0 Å². The van der Waals surface area contributed by atoms with Crippen LogP contribution in [0, 0.1) is 5.92 Å². The van der Waals surface area contributed by atoms with Crippen molar-refractivity contribution in [1.29, 1.82) is 0 Å². The third-order valence-electron chi connectivity index (χ3n) is 5.91. The van der Waals surface area contributed by atoms with E-state index in [2.05, 4.69) is 36.7 Å². The van der Waals surface area contributed by atoms with Gasteiger partial charge in [0.1, 0.15) is 0 Å². The van der Waals surface area contributed by atoms with Crippen LogP contribution in [0.3, 0.4) is 0 Å². The lowest BCUT2D eigenvalue weighted by atomic mass is 10.0. The highest BCUT2D eigenvalue weighted by Crippen LogP contribution is 2.17. The fourth-order valence-corrected chi connectivity index (χ4v) is 4.47. The molecule has 0 saturated heterocycles. The molecule has 0 radical (unpaired) electrons. The van der Waals surface area contributed by atoms with Gasteiger partial charge in [-0.1, -0.05) is 32.0 Å². The Labute approximate surface area is 249 Å². The monoisotopic (exact) mass is 610 g/mol. The van der Waals surface area contributed by atoms with Crippen LogP contribution in [0.25, 0.3) is 0 Å². The highest BCUT2D eigenvalue weighted by molar-refractivity contribution is 7.85. The van der Waals surface area contributed by atoms with Crippen LogP contribution in [0.1, 0.15) is 46.5 Å². The molecule has 3 amide bonds. The minimum atomic E-state index is -4.39. The molecule has 15 heteroatoms. The fraction of sp³-hybridized carbons (Fsp3) is 0.286. The lowest BCUT2D eigenvalue weighted by Crippen LogP contribution is -2.43. The number of nitrogens with one attached hydrogen (secondary N) is 4. The van der Waals surface area contributed by atoms with Gasteiger partial charge in [0.25, 0.3) is 27.8 Å². The van der Waals surface area contributed by atoms with Gasteiger partial charge in [-0.25, -0.2) is 4.98 Å². The second-order valence-electron chi connectivity index (χ2n) is 9.83. The quantitative estimate of drug-likeness (QED) is 0.0683. The summed E-state index contributed by atoms with van der Waals surface area (Å²) in [7, 11) is -4.39. The zero-order valence-corrected chi connectivity index (χ0v) is 24.5. The molecule has 3 rings (SSSR count). The lowest BCUT2D eigenvalue weighted by Gasteiger charge is -2.15. The molecule has 1 heterocycles. The first kappa shape index (κ1) is 32.8. The number of anilines is 1. The van der Waals surface area contributed by atoms with Crippen molar-refractivity contribution in [1.82, 2.24) is 21.0 Å². The predicted molar refractivity (Wildman–Crippen MR) is 159 cm³/mol. The van der Waals surface area contributed by atoms with Crippen LogP contribution in [0.4, 0.5) is 11.5 Å². The predicted octanol–water partition coefficient (Wildman–Crippen LogP) is 2.59. The Balaban J connectivity index is 1.39. The maximum atomic E-state index is 12.4. The molecule has 3 aromatic rings. The van der Waals surface area contributed by atoms with E-state index in [1.807, 2.05) is 13.8 Å². The minimum Gasteiger partial charge on any atom is -0.350 e. The van der Waals surface area contributed by atoms with E-state index in [4.69, 9.17) is 5.73 Å². The molecule has 0 fully saturated rings. The summed E-state index contributed by atoms with van der Waals surface area (Å²) in [5.74, 6) is -0.571. The highest BCUT2D eigenvalue weighted by atomic mass is 32.2. The molecule has 0 spiro atoms. The van der Waals surface area contributed by atoms with Crippen molar-refractivity contribution >= 4 is 39.3 Å². The van der Waals surface area contributed by atoms with Crippen molar-refractivity contribution in [3.05, 3.63) is 83.6 Å². The number of amides is 3. The first-order valence-corrected chi connectivity index (χ1v) is 14.7. The molecular weight excluding hydrogens is 576 g/mol. The maximum absolute atomic E-state index is 12.4. The molecule has 43 heavy (non-hydrogen) atoms. The summed E-state index contributed by atoms with van der Waals surface area (Å²) >= 11 is 0. The first-order chi connectivity index (χ1) is 20.4. The van der Waals surface area contributed by atoms with E-state index in [-0.39, 0.29) is 53.3 Å². The molecule has 14 nitrogen and oxygen atoms in total. The van der Waals surface area contributed by atoms with Crippen LogP contribution in [0.2, 0.25) is 0 Å². The number of hydrogen-bond acceptors (Lipinski definition) is 10. The normalized spacial score (nSPS) is 12.1. The Morgan fingerprint density at radius 1 is 0.930 bits per heavy atom. The Hall–Kier alpha value is -4.73. The van der Waals surface area contributed by atoms with E-state index < -0.39 is 22.1 Å². The topological polar surface area (TPSA) is 217 Å². The Kier molecular flexibility index (Phi) is 11.8. The van der Waals surface area contributed by atoms with Crippen LogP contribution < -0.4 is 27.2 Å². The Morgan fingerprint density at radius 3 is 2.16 bits per heavy atom. The van der Waals surface area contributed by atoms with Crippen LogP contribution in [0.15, 0.2) is 82.0 Å². The van der Waals surface area contributed by atoms with Gasteiger partial charge in [-0.2, -0.15) is 13.5 Å². The number of rotatable bonds is 14. The molecule has 7 N–H and O–H groups in total. The number of hydrogen-bond donors (Lipinski definition) is 6. The van der Waals surface area contributed by atoms with Gasteiger partial charge in [-0.15, -0.1) is 5.11 Å². The van der Waals surface area contributed by atoms with Gasteiger partial charge >= 0.3 is 0 Å². The molecule has 0 aliphatic carbocycles. The van der Waals surface area contributed by atoms with Crippen molar-refractivity contribution in [3.63, 3.8) is 0 Å². The molecule has 0 unspecified atom stereocenters. The molecule has 1 aromatic heterocycles. The number of nitrogens with zero attached hydrogens (tertiary/aromatic N) is 3. The summed E-state index contributed by atoms with van der Waals surface area (Å²) in [6.07, 6.45) is 1.87. The van der Waals surface area contributed by atoms with E-state index in [0.29, 0.717) is 23.6 Å². The van der Waals surface area contributed by atoms with Gasteiger partial charge in [0.05, 0.1) is 28.7 Å². The number of aromatic nitrogens is 1. The summed E-state index contributed by atoms with van der Waals surface area (Å²) in [4.78, 5) is 40.6. The van der Waals surface area contributed by atoms with Crippen molar-refractivity contribution in [2.24, 2.45) is 21.9 Å². The summed E-state index contributed by atoms with van der Waals surface area (Å²) in [6.45, 7) is 4.21. The van der Waals surface area contributed by atoms with Crippen molar-refractivity contribution in [3.8, 4) is 0 Å². The van der Waals surface area contributed by atoms with Gasteiger partial charge in [-0.3, -0.25) is 29.8 Å². The standard InChI is InChI=1S/C28H34N8O6S/c1-18(2)15-23(29)28(39)36-34-22-10-7-19(8-11-22)26(37)30-13-14-31-27(38)21-9-12-25(32-16-21)35-33-17-20-5-3-4-6-24(20)43(40,41)42/h3-12,16,18,23,34H,13-15,17,29H2,1-2H3,(H,30,37)(H,31,38)(H,36,39)(H,40,41,42)/t23-/m0/s1. The molecular formula is C28H34N8O6S. The molecule has 0 aliphatic rings. The average molecular weight is 611 g/mol. The first-order valence-electron chi connectivity index (χ1n) is 13.3. The number of nitrogens with two attached hydrogens (primary N) is 1. The highest BCUT2D eigenvalue weighted by Gasteiger charge is 2.15. The Morgan fingerprint density at radius 2 is 1.56 bits per heavy atom. The maximum Gasteiger partial charge on any atom is 0.294 e. The average Bonchev–Trinajstić information content (AvgIpc) is 2.98. The number of pyridine rings is 1. The number of azo groups is 1. The van der Waals surface area contributed by atoms with Crippen molar-refractivity contribution < 1.29 is 27.4 Å². The second kappa shape index (κ2) is 15.5. The van der Waals surface area contributed by atoms with E-state index in [1.54, 1.807) is 30.3 Å². The molecule has 2 aromatic carbocycles. The van der Waals surface area contributed by atoms with Crippen LogP contribution in [-0.4, -0.2) is 54.8 Å². The SMILES string of the molecule is CC(C)C[C@H](N)C(=O)NNc1ccc(C(=O)NCCNC(=O)c2ccc(N=NCc3ccccc3S(=O)(=O)O)nc2)cc1. The van der Waals surface area contributed by atoms with Gasteiger partial charge < -0.3 is 16.4 Å². The third-order valence-corrected chi connectivity index (χ3v) is 6.86. The van der Waals surface area contributed by atoms with Crippen molar-refractivity contribution in [2.45, 2.75) is 37.8 Å². The van der Waals surface area contributed by atoms with Crippen LogP contribution >= 0.6 is 0 Å². The zero-order valence-electron chi connectivity index (χ0n) is 23.6. The van der Waals surface area contributed by atoms with E-state index in [1.165, 1.54) is 36.5 Å². The van der Waals surface area contributed by atoms with Crippen molar-refractivity contribution in [2.75, 3.05) is 18.5 Å². The summed E-state index contributed by atoms with van der Waals surface area (Å²) in [5.41, 5.74) is 12.7. The van der Waals surface area contributed by atoms with Gasteiger partial charge in [-0.05, 0) is 60.4 Å². The minimum absolute atomic E-state index is 0.0986. The summed E-state index contributed by atoms with van der Waals surface area (Å²) < 4.78 is 32.2. The van der Waals surface area contributed by atoms with Crippen LogP contribution in [-0.2, 0) is 21.5 Å². The molecule has 0 saturated carbocycles. The smallest absolute Gasteiger partial charge is 0.294 e. The van der Waals surface area contributed by atoms with Crippen LogP contribution in [0.5, 0.6) is 0 Å². The number of carbonyl (C=O) groups excluding carboxylic acids is 3. The summed E-state index contributed by atoms with van der Waals surface area (Å²) in [5, 5.41) is 13.2. The fourth-order valence-electron chi connectivity index (χ4n) is 3.75. The summed E-state index contributed by atoms with van der Waals surface area (Å²) in [6, 6.07) is 14.7. The lowest BCUT2D eigenvalue weighted by molar-refractivity contribution is -0.122. The van der Waals surface area contributed by atoms with E-state index in [9.17, 15) is 27.4 Å². The third kappa shape index (κ3) is 10.6. The molecule has 0 bridgehead atoms.